The first-order valence-corrected chi connectivity index (χ1v) is 7.33. The molecule has 0 radical (unpaired) electrons. The maximum atomic E-state index is 12.0. The molecule has 5 nitrogen and oxygen atoms in total. The van der Waals surface area contributed by atoms with Crippen LogP contribution in [0.5, 0.6) is 17.2 Å². The average Bonchev–Trinajstić information content (AvgIpc) is 2.60. The van der Waals surface area contributed by atoms with Gasteiger partial charge in [0.1, 0.15) is 0 Å². The van der Waals surface area contributed by atoms with E-state index in [0.29, 0.717) is 29.4 Å². The Bertz CT molecular complexity index is 697. The third-order valence-corrected chi connectivity index (χ3v) is 3.48. The minimum atomic E-state index is -0.103. The number of methoxy groups -OCH3 is 3. The number of benzene rings is 2. The summed E-state index contributed by atoms with van der Waals surface area (Å²) in [7, 11) is 4.72. The zero-order valence-corrected chi connectivity index (χ0v) is 13.8. The van der Waals surface area contributed by atoms with Crippen molar-refractivity contribution < 1.29 is 19.0 Å². The molecule has 0 aliphatic carbocycles. The lowest BCUT2D eigenvalue weighted by molar-refractivity contribution is 0.0956. The molecule has 2 aromatic rings. The lowest BCUT2D eigenvalue weighted by Crippen LogP contribution is -2.22. The molecule has 1 N–H and O–H groups in total. The molecule has 2 aromatic carbocycles. The van der Waals surface area contributed by atoms with Gasteiger partial charge in [-0.05, 0) is 36.8 Å². The summed E-state index contributed by atoms with van der Waals surface area (Å²) < 4.78 is 16.2. The molecule has 0 aromatic heterocycles. The Balaban J connectivity index is 2.54. The van der Waals surface area contributed by atoms with E-state index >= 15 is 0 Å². The minimum Gasteiger partial charge on any atom is -0.493 e. The highest BCUT2D eigenvalue weighted by atomic mass is 16.5. The highest BCUT2D eigenvalue weighted by Crippen LogP contribution is 2.44. The Morgan fingerprint density at radius 3 is 2.35 bits per heavy atom. The Morgan fingerprint density at radius 1 is 1.00 bits per heavy atom. The van der Waals surface area contributed by atoms with Crippen molar-refractivity contribution in [1.29, 1.82) is 0 Å². The third kappa shape index (κ3) is 3.39. The monoisotopic (exact) mass is 315 g/mol. The van der Waals surface area contributed by atoms with E-state index in [1.54, 1.807) is 27.4 Å². The smallest absolute Gasteiger partial charge is 0.251 e. The summed E-state index contributed by atoms with van der Waals surface area (Å²) in [6.45, 7) is 2.47. The van der Waals surface area contributed by atoms with Crippen molar-refractivity contribution >= 4 is 5.91 Å². The van der Waals surface area contributed by atoms with Crippen LogP contribution in [0.3, 0.4) is 0 Å². The quantitative estimate of drug-likeness (QED) is 0.890. The predicted molar refractivity (Wildman–Crippen MR) is 89.5 cm³/mol. The summed E-state index contributed by atoms with van der Waals surface area (Å²) in [6, 6.07) is 11.1. The number of nitrogens with one attached hydrogen (secondary N) is 1. The Hall–Kier alpha value is -2.69. The molecule has 1 amide bonds. The molecule has 0 spiro atoms. The normalized spacial score (nSPS) is 10.1. The lowest BCUT2D eigenvalue weighted by atomic mass is 10.0. The molecular formula is C18H21NO4. The van der Waals surface area contributed by atoms with Crippen molar-refractivity contribution in [1.82, 2.24) is 5.32 Å². The van der Waals surface area contributed by atoms with Crippen molar-refractivity contribution in [2.24, 2.45) is 0 Å². The molecule has 0 saturated carbocycles. The SMILES string of the molecule is CCNC(=O)c1cccc(-c2ccc(OC)c(OC)c2OC)c1. The van der Waals surface area contributed by atoms with E-state index in [0.717, 1.165) is 11.1 Å². The van der Waals surface area contributed by atoms with Gasteiger partial charge in [-0.3, -0.25) is 4.79 Å². The van der Waals surface area contributed by atoms with E-state index in [1.807, 2.05) is 37.3 Å². The molecule has 0 saturated heterocycles. The molecule has 0 aliphatic rings. The van der Waals surface area contributed by atoms with Gasteiger partial charge in [0, 0.05) is 17.7 Å². The van der Waals surface area contributed by atoms with E-state index in [9.17, 15) is 4.79 Å². The van der Waals surface area contributed by atoms with Crippen LogP contribution in [0.1, 0.15) is 17.3 Å². The van der Waals surface area contributed by atoms with E-state index in [4.69, 9.17) is 14.2 Å². The van der Waals surface area contributed by atoms with Crippen molar-refractivity contribution in [2.45, 2.75) is 6.92 Å². The molecule has 23 heavy (non-hydrogen) atoms. The van der Waals surface area contributed by atoms with Crippen molar-refractivity contribution in [3.05, 3.63) is 42.0 Å². The Labute approximate surface area is 136 Å². The first-order valence-electron chi connectivity index (χ1n) is 7.33. The molecular weight excluding hydrogens is 294 g/mol. The second kappa shape index (κ2) is 7.54. The second-order valence-electron chi connectivity index (χ2n) is 4.82. The van der Waals surface area contributed by atoms with Gasteiger partial charge in [-0.2, -0.15) is 0 Å². The zero-order valence-electron chi connectivity index (χ0n) is 13.8. The van der Waals surface area contributed by atoms with Gasteiger partial charge in [-0.15, -0.1) is 0 Å². The van der Waals surface area contributed by atoms with Crippen molar-refractivity contribution in [3.63, 3.8) is 0 Å². The minimum absolute atomic E-state index is 0.103. The summed E-state index contributed by atoms with van der Waals surface area (Å²) in [4.78, 5) is 12.0. The van der Waals surface area contributed by atoms with Crippen LogP contribution >= 0.6 is 0 Å². The van der Waals surface area contributed by atoms with Crippen molar-refractivity contribution in [3.8, 4) is 28.4 Å². The molecule has 2 rings (SSSR count). The number of rotatable bonds is 6. The Morgan fingerprint density at radius 2 is 1.74 bits per heavy atom. The van der Waals surface area contributed by atoms with Crippen LogP contribution in [0, 0.1) is 0 Å². The summed E-state index contributed by atoms with van der Waals surface area (Å²) in [5, 5.41) is 2.80. The van der Waals surface area contributed by atoms with Gasteiger partial charge in [0.2, 0.25) is 5.75 Å². The molecule has 0 heterocycles. The van der Waals surface area contributed by atoms with Gasteiger partial charge in [-0.1, -0.05) is 12.1 Å². The highest BCUT2D eigenvalue weighted by Gasteiger charge is 2.17. The van der Waals surface area contributed by atoms with E-state index in [-0.39, 0.29) is 5.91 Å². The summed E-state index contributed by atoms with van der Waals surface area (Å²) in [5.41, 5.74) is 2.30. The van der Waals surface area contributed by atoms with E-state index < -0.39 is 0 Å². The van der Waals surface area contributed by atoms with Crippen LogP contribution in [0.2, 0.25) is 0 Å². The van der Waals surface area contributed by atoms with Gasteiger partial charge in [0.15, 0.2) is 11.5 Å². The third-order valence-electron chi connectivity index (χ3n) is 3.48. The molecule has 122 valence electrons. The van der Waals surface area contributed by atoms with Gasteiger partial charge >= 0.3 is 0 Å². The standard InChI is InChI=1S/C18H21NO4/c1-5-19-18(20)13-8-6-7-12(11-13)14-9-10-15(21-2)17(23-4)16(14)22-3/h6-11H,5H2,1-4H3,(H,19,20). The summed E-state index contributed by atoms with van der Waals surface area (Å²) >= 11 is 0. The molecule has 0 unspecified atom stereocenters. The molecule has 0 atom stereocenters. The second-order valence-corrected chi connectivity index (χ2v) is 4.82. The fraction of sp³-hybridized carbons (Fsp3) is 0.278. The van der Waals surface area contributed by atoms with Crippen LogP contribution in [-0.4, -0.2) is 33.8 Å². The van der Waals surface area contributed by atoms with E-state index in [2.05, 4.69) is 5.32 Å². The van der Waals surface area contributed by atoms with Crippen LogP contribution in [-0.2, 0) is 0 Å². The maximum absolute atomic E-state index is 12.0. The summed E-state index contributed by atoms with van der Waals surface area (Å²) in [6.07, 6.45) is 0. The first kappa shape index (κ1) is 16.7. The summed E-state index contributed by atoms with van der Waals surface area (Å²) in [5.74, 6) is 1.58. The maximum Gasteiger partial charge on any atom is 0.251 e. The largest absolute Gasteiger partial charge is 0.493 e. The fourth-order valence-corrected chi connectivity index (χ4v) is 2.42. The number of carbonyl (C=O) groups is 1. The average molecular weight is 315 g/mol. The van der Waals surface area contributed by atoms with Gasteiger partial charge < -0.3 is 19.5 Å². The predicted octanol–water partition coefficient (Wildman–Crippen LogP) is 3.13. The van der Waals surface area contributed by atoms with Crippen LogP contribution in [0.25, 0.3) is 11.1 Å². The van der Waals surface area contributed by atoms with Gasteiger partial charge in [0.05, 0.1) is 21.3 Å². The lowest BCUT2D eigenvalue weighted by Gasteiger charge is -2.16. The number of amides is 1. The van der Waals surface area contributed by atoms with E-state index in [1.165, 1.54) is 0 Å². The van der Waals surface area contributed by atoms with Gasteiger partial charge in [-0.25, -0.2) is 0 Å². The Kier molecular flexibility index (Phi) is 5.46. The highest BCUT2D eigenvalue weighted by molar-refractivity contribution is 5.95. The first-order chi connectivity index (χ1) is 11.2. The fourth-order valence-electron chi connectivity index (χ4n) is 2.42. The number of carbonyl (C=O) groups excluding carboxylic acids is 1. The van der Waals surface area contributed by atoms with Crippen molar-refractivity contribution in [2.75, 3.05) is 27.9 Å². The van der Waals surface area contributed by atoms with Crippen LogP contribution in [0.15, 0.2) is 36.4 Å². The molecule has 0 fully saturated rings. The van der Waals surface area contributed by atoms with Gasteiger partial charge in [0.25, 0.3) is 5.91 Å². The topological polar surface area (TPSA) is 56.8 Å². The van der Waals surface area contributed by atoms with Crippen LogP contribution < -0.4 is 19.5 Å². The number of hydrogen-bond donors (Lipinski definition) is 1. The molecule has 0 bridgehead atoms. The number of hydrogen-bond acceptors (Lipinski definition) is 4. The molecule has 5 heteroatoms. The van der Waals surface area contributed by atoms with Crippen LogP contribution in [0.4, 0.5) is 0 Å². The zero-order chi connectivity index (χ0) is 16.8. The number of ether oxygens (including phenoxy) is 3. The molecule has 0 aliphatic heterocycles.